The van der Waals surface area contributed by atoms with Crippen LogP contribution in [-0.4, -0.2) is 37.2 Å². The second-order valence-electron chi connectivity index (χ2n) is 16.8. The average Bonchev–Trinajstić information content (AvgIpc) is 3.31. The fraction of sp³-hybridized carbons (Fsp3) is 0.583. The molecule has 0 fully saturated rings. The third-order valence-corrected chi connectivity index (χ3v) is 10.5. The Labute approximate surface area is 405 Å². The van der Waals surface area contributed by atoms with E-state index >= 15 is 0 Å². The minimum Gasteiger partial charge on any atom is -0.462 e. The van der Waals surface area contributed by atoms with E-state index in [0.29, 0.717) is 19.3 Å². The fourth-order valence-corrected chi connectivity index (χ4v) is 6.56. The Kier molecular flexibility index (Phi) is 49.6. The normalized spacial score (nSPS) is 13.2. The van der Waals surface area contributed by atoms with E-state index < -0.39 is 6.10 Å². The van der Waals surface area contributed by atoms with E-state index in [1.807, 2.05) is 36.5 Å². The quantitative estimate of drug-likeness (QED) is 0.0199. The van der Waals surface area contributed by atoms with Crippen molar-refractivity contribution in [3.63, 3.8) is 0 Å². The minimum atomic E-state index is -0.836. The van der Waals surface area contributed by atoms with Crippen LogP contribution in [0.1, 0.15) is 207 Å². The molecule has 6 nitrogen and oxygen atoms in total. The highest BCUT2D eigenvalue weighted by atomic mass is 16.6. The molecule has 370 valence electrons. The third-order valence-electron chi connectivity index (χ3n) is 10.5. The number of hydrogen-bond acceptors (Lipinski definition) is 6. The van der Waals surface area contributed by atoms with Crippen LogP contribution < -0.4 is 0 Å². The highest BCUT2D eigenvalue weighted by Crippen LogP contribution is 2.11. The van der Waals surface area contributed by atoms with E-state index in [-0.39, 0.29) is 37.5 Å². The molecule has 0 radical (unpaired) electrons. The molecule has 0 N–H and O–H groups in total. The highest BCUT2D eigenvalue weighted by Gasteiger charge is 2.19. The number of carbonyl (C=O) groups excluding carboxylic acids is 3. The van der Waals surface area contributed by atoms with Crippen LogP contribution in [0, 0.1) is 0 Å². The van der Waals surface area contributed by atoms with Crippen molar-refractivity contribution >= 4 is 17.9 Å². The Morgan fingerprint density at radius 3 is 1.15 bits per heavy atom. The molecule has 0 spiro atoms. The van der Waals surface area contributed by atoms with Gasteiger partial charge in [0.1, 0.15) is 13.2 Å². The Bertz CT molecular complexity index is 1460. The summed E-state index contributed by atoms with van der Waals surface area (Å²) in [6.07, 6.45) is 74.4. The number of esters is 3. The number of unbranched alkanes of at least 4 members (excludes halogenated alkanes) is 17. The first kappa shape index (κ1) is 61.5. The first-order valence-corrected chi connectivity index (χ1v) is 26.3. The molecular weight excluding hydrogens is 817 g/mol. The van der Waals surface area contributed by atoms with Crippen LogP contribution in [0.3, 0.4) is 0 Å². The second kappa shape index (κ2) is 53.2. The number of rotatable bonds is 45. The maximum Gasteiger partial charge on any atom is 0.306 e. The summed E-state index contributed by atoms with van der Waals surface area (Å²) in [6.45, 7) is 6.33. The van der Waals surface area contributed by atoms with Crippen LogP contribution in [-0.2, 0) is 28.6 Å². The molecule has 0 heterocycles. The highest BCUT2D eigenvalue weighted by molar-refractivity contribution is 5.71. The topological polar surface area (TPSA) is 78.9 Å². The van der Waals surface area contributed by atoms with Crippen molar-refractivity contribution in [2.75, 3.05) is 13.2 Å². The lowest BCUT2D eigenvalue weighted by Crippen LogP contribution is -2.30. The number of carbonyl (C=O) groups is 3. The van der Waals surface area contributed by atoms with Gasteiger partial charge in [0.25, 0.3) is 0 Å². The summed E-state index contributed by atoms with van der Waals surface area (Å²) in [4.78, 5) is 38.0. The SMILES string of the molecule is CC/C=C/C=C/C=C/C=C/CCCCCC(=O)OCC(COC(=O)CCCCCCC/C=C/C=C/C=C/CCCCCCC)OC(=O)CCC/C=C/C/C=C/C/C=C/C/C=C/CCCCC. The molecule has 0 saturated carbocycles. The van der Waals surface area contributed by atoms with Crippen LogP contribution in [0.4, 0.5) is 0 Å². The molecule has 0 aliphatic carbocycles. The van der Waals surface area contributed by atoms with E-state index in [2.05, 4.69) is 118 Å². The molecule has 6 heteroatoms. The lowest BCUT2D eigenvalue weighted by atomic mass is 10.1. The molecule has 0 rings (SSSR count). The standard InChI is InChI=1S/C60H94O6/c1-4-7-10-13-16-19-22-25-27-29-31-32-35-38-41-44-47-50-53-59(62)65-56-57(55-64-58(61)52-49-46-43-40-37-34-24-21-18-15-12-9-6-3)66-60(63)54-51-48-45-42-39-36-33-30-28-26-23-20-17-14-11-8-5-2/h9,12,15,17-18,20-22,24-29,31-34,36-37,42,45,57H,4-8,10-11,13-14,16,19,23,30,35,38-41,43-44,46-56H2,1-3H3/b12-9+,18-15+,20-17+,24-21+,25-22+,28-26+,29-27+,32-31+,36-33+,37-34+,45-42+. The molecule has 0 aliphatic rings. The molecule has 1 atom stereocenters. The lowest BCUT2D eigenvalue weighted by molar-refractivity contribution is -0.167. The fourth-order valence-electron chi connectivity index (χ4n) is 6.56. The molecule has 0 aliphatic heterocycles. The zero-order valence-corrected chi connectivity index (χ0v) is 42.1. The van der Waals surface area contributed by atoms with Gasteiger partial charge in [0.05, 0.1) is 0 Å². The summed E-state index contributed by atoms with van der Waals surface area (Å²) in [5.41, 5.74) is 0. The van der Waals surface area contributed by atoms with Crippen LogP contribution in [0.2, 0.25) is 0 Å². The largest absolute Gasteiger partial charge is 0.462 e. The number of allylic oxidation sites excluding steroid dienone is 22. The van der Waals surface area contributed by atoms with Gasteiger partial charge in [-0.2, -0.15) is 0 Å². The number of ether oxygens (including phenoxy) is 3. The van der Waals surface area contributed by atoms with Gasteiger partial charge in [-0.25, -0.2) is 0 Å². The Balaban J connectivity index is 4.59. The van der Waals surface area contributed by atoms with Gasteiger partial charge >= 0.3 is 17.9 Å². The molecule has 0 aromatic rings. The van der Waals surface area contributed by atoms with Gasteiger partial charge in [0.2, 0.25) is 0 Å². The van der Waals surface area contributed by atoms with Crippen molar-refractivity contribution < 1.29 is 28.6 Å². The molecule has 0 aromatic heterocycles. The van der Waals surface area contributed by atoms with E-state index in [4.69, 9.17) is 14.2 Å². The molecule has 0 bridgehead atoms. The van der Waals surface area contributed by atoms with Gasteiger partial charge in [0.15, 0.2) is 6.10 Å². The first-order chi connectivity index (χ1) is 32.5. The first-order valence-electron chi connectivity index (χ1n) is 26.3. The minimum absolute atomic E-state index is 0.128. The van der Waals surface area contributed by atoms with Crippen molar-refractivity contribution in [2.24, 2.45) is 0 Å². The van der Waals surface area contributed by atoms with E-state index in [1.54, 1.807) is 0 Å². The molecule has 0 aromatic carbocycles. The van der Waals surface area contributed by atoms with Gasteiger partial charge in [-0.3, -0.25) is 14.4 Å². The molecular formula is C60H94O6. The number of hydrogen-bond donors (Lipinski definition) is 0. The van der Waals surface area contributed by atoms with Crippen LogP contribution in [0.15, 0.2) is 134 Å². The molecule has 0 amide bonds. The zero-order chi connectivity index (χ0) is 47.9. The van der Waals surface area contributed by atoms with Gasteiger partial charge < -0.3 is 14.2 Å². The summed E-state index contributed by atoms with van der Waals surface area (Å²) < 4.78 is 16.7. The molecule has 66 heavy (non-hydrogen) atoms. The zero-order valence-electron chi connectivity index (χ0n) is 42.1. The smallest absolute Gasteiger partial charge is 0.306 e. The van der Waals surface area contributed by atoms with Crippen LogP contribution in [0.5, 0.6) is 0 Å². The third kappa shape index (κ3) is 50.5. The Morgan fingerprint density at radius 1 is 0.333 bits per heavy atom. The predicted octanol–water partition coefficient (Wildman–Crippen LogP) is 17.5. The van der Waals surface area contributed by atoms with E-state index in [1.165, 1.54) is 57.8 Å². The van der Waals surface area contributed by atoms with Crippen molar-refractivity contribution in [1.82, 2.24) is 0 Å². The second-order valence-corrected chi connectivity index (χ2v) is 16.8. The van der Waals surface area contributed by atoms with Crippen LogP contribution in [0.25, 0.3) is 0 Å². The van der Waals surface area contributed by atoms with E-state index in [9.17, 15) is 14.4 Å². The average molecular weight is 911 g/mol. The lowest BCUT2D eigenvalue weighted by Gasteiger charge is -2.18. The summed E-state index contributed by atoms with van der Waals surface area (Å²) in [5.74, 6) is -1.05. The van der Waals surface area contributed by atoms with Gasteiger partial charge in [-0.05, 0) is 103 Å². The van der Waals surface area contributed by atoms with Crippen molar-refractivity contribution in [1.29, 1.82) is 0 Å². The monoisotopic (exact) mass is 911 g/mol. The summed E-state index contributed by atoms with van der Waals surface area (Å²) >= 11 is 0. The van der Waals surface area contributed by atoms with Crippen LogP contribution >= 0.6 is 0 Å². The predicted molar refractivity (Wildman–Crippen MR) is 283 cm³/mol. The van der Waals surface area contributed by atoms with Crippen molar-refractivity contribution in [3.8, 4) is 0 Å². The van der Waals surface area contributed by atoms with Gasteiger partial charge in [-0.1, -0.05) is 219 Å². The Hall–Kier alpha value is -4.45. The molecule has 0 saturated heterocycles. The summed E-state index contributed by atoms with van der Waals surface area (Å²) in [6, 6.07) is 0. The summed E-state index contributed by atoms with van der Waals surface area (Å²) in [5, 5.41) is 0. The van der Waals surface area contributed by atoms with Gasteiger partial charge in [-0.15, -0.1) is 0 Å². The molecule has 1 unspecified atom stereocenters. The summed E-state index contributed by atoms with van der Waals surface area (Å²) in [7, 11) is 0. The van der Waals surface area contributed by atoms with Gasteiger partial charge in [0, 0.05) is 19.3 Å². The maximum atomic E-state index is 12.8. The van der Waals surface area contributed by atoms with E-state index in [0.717, 1.165) is 103 Å². The maximum absolute atomic E-state index is 12.8. The van der Waals surface area contributed by atoms with Crippen molar-refractivity contribution in [2.45, 2.75) is 213 Å². The Morgan fingerprint density at radius 2 is 0.667 bits per heavy atom. The van der Waals surface area contributed by atoms with Crippen molar-refractivity contribution in [3.05, 3.63) is 134 Å².